The number of aryl methyl sites for hydroxylation is 1. The van der Waals surface area contributed by atoms with Crippen molar-refractivity contribution in [2.45, 2.75) is 52.7 Å². The molecule has 4 N–H and O–H groups in total. The minimum atomic E-state index is -1.16. The molecule has 1 atom stereocenters. The number of carbonyl (C=O) groups is 1. The lowest BCUT2D eigenvalue weighted by Gasteiger charge is -2.28. The van der Waals surface area contributed by atoms with Crippen molar-refractivity contribution in [3.63, 3.8) is 0 Å². The van der Waals surface area contributed by atoms with Crippen molar-refractivity contribution in [3.05, 3.63) is 69.1 Å². The summed E-state index contributed by atoms with van der Waals surface area (Å²) in [6, 6.07) is 9.30. The van der Waals surface area contributed by atoms with E-state index in [2.05, 4.69) is 4.99 Å². The number of aliphatic carboxylic acids is 1. The molecule has 9 heteroatoms. The summed E-state index contributed by atoms with van der Waals surface area (Å²) >= 11 is 7.66. The van der Waals surface area contributed by atoms with Gasteiger partial charge in [-0.15, -0.1) is 11.3 Å². The van der Waals surface area contributed by atoms with E-state index >= 15 is 0 Å². The molecule has 1 aliphatic rings. The summed E-state index contributed by atoms with van der Waals surface area (Å²) < 4.78 is 6.94. The molecule has 2 aromatic carbocycles. The molecule has 0 aliphatic carbocycles. The maximum Gasteiger partial charge on any atom is 0.337 e. The third-order valence-corrected chi connectivity index (χ3v) is 7.30. The summed E-state index contributed by atoms with van der Waals surface area (Å²) in [5.74, 6) is -0.280. The van der Waals surface area contributed by atoms with Crippen molar-refractivity contribution < 1.29 is 20.0 Å². The molecule has 37 heavy (non-hydrogen) atoms. The first kappa shape index (κ1) is 26.9. The molecule has 7 nitrogen and oxygen atoms in total. The van der Waals surface area contributed by atoms with E-state index in [4.69, 9.17) is 26.7 Å². The Morgan fingerprint density at radius 3 is 2.54 bits per heavy atom. The predicted molar refractivity (Wildman–Crippen MR) is 151 cm³/mol. The van der Waals surface area contributed by atoms with Crippen LogP contribution in [0.15, 0.2) is 52.9 Å². The summed E-state index contributed by atoms with van der Waals surface area (Å²) in [5.41, 5.74) is 4.83. The fourth-order valence-electron chi connectivity index (χ4n) is 4.23. The number of carboxylic acids is 1. The van der Waals surface area contributed by atoms with Crippen LogP contribution in [0.1, 0.15) is 56.4 Å². The van der Waals surface area contributed by atoms with Crippen LogP contribution in [-0.2, 0) is 9.53 Å². The lowest BCUT2D eigenvalue weighted by atomic mass is 9.91. The number of fused-ring (bicyclic) bond motifs is 1. The second kappa shape index (κ2) is 10.7. The van der Waals surface area contributed by atoms with Gasteiger partial charge in [-0.2, -0.15) is 0 Å². The number of aromatic nitrogens is 1. The van der Waals surface area contributed by atoms with Crippen LogP contribution in [0.25, 0.3) is 26.9 Å². The summed E-state index contributed by atoms with van der Waals surface area (Å²) in [4.78, 5) is 21.9. The van der Waals surface area contributed by atoms with E-state index in [0.717, 1.165) is 55.3 Å². The lowest BCUT2D eigenvalue weighted by Crippen LogP contribution is -2.76. The fourth-order valence-corrected chi connectivity index (χ4v) is 5.47. The van der Waals surface area contributed by atoms with Crippen LogP contribution in [0.3, 0.4) is 0 Å². The Bertz CT molecular complexity index is 1460. The van der Waals surface area contributed by atoms with Gasteiger partial charge in [0.05, 0.1) is 27.0 Å². The van der Waals surface area contributed by atoms with Crippen LogP contribution >= 0.6 is 22.9 Å². The highest BCUT2D eigenvalue weighted by molar-refractivity contribution is 7.20. The molecule has 0 spiro atoms. The standard InChI is InChI=1S/C28H29ClN4O3S/c1-6-16(12-30)25-31-13-18(14-32-25)26-33-20-11-15(2)21(23(27(34)35)36-28(3,4)5)22(24(20)37-26)17-7-9-19(29)10-8-17/h7-14,23,30-31H,6H2,1-5H3,(H,34,35)/p+1. The molecular formula is C28H30ClN4O3S+. The van der Waals surface area contributed by atoms with E-state index in [1.807, 2.05) is 64.3 Å². The number of aliphatic imine (C=N–C) groups is 1. The smallest absolute Gasteiger partial charge is 0.337 e. The topological polar surface area (TPSA) is 112 Å². The number of halogens is 1. The zero-order chi connectivity index (χ0) is 26.9. The molecule has 4 rings (SSSR count). The Kier molecular flexibility index (Phi) is 7.75. The first-order valence-corrected chi connectivity index (χ1v) is 13.2. The van der Waals surface area contributed by atoms with Crippen molar-refractivity contribution in [3.8, 4) is 11.1 Å². The molecule has 1 aliphatic heterocycles. The zero-order valence-electron chi connectivity index (χ0n) is 21.4. The number of benzene rings is 2. The molecule has 0 saturated heterocycles. The highest BCUT2D eigenvalue weighted by Gasteiger charge is 2.32. The Morgan fingerprint density at radius 1 is 1.30 bits per heavy atom. The van der Waals surface area contributed by atoms with Crippen LogP contribution in [0, 0.1) is 12.3 Å². The number of nitrogens with one attached hydrogen (secondary N) is 1. The van der Waals surface area contributed by atoms with Gasteiger partial charge in [-0.25, -0.2) is 14.8 Å². The van der Waals surface area contributed by atoms with Crippen LogP contribution < -0.4 is 5.32 Å². The third kappa shape index (κ3) is 5.72. The van der Waals surface area contributed by atoms with Gasteiger partial charge in [0.15, 0.2) is 6.10 Å². The summed E-state index contributed by atoms with van der Waals surface area (Å²) in [5, 5.41) is 21.1. The van der Waals surface area contributed by atoms with Crippen molar-refractivity contribution >= 4 is 57.1 Å². The van der Waals surface area contributed by atoms with E-state index in [1.54, 1.807) is 18.3 Å². The number of allylic oxidation sites excluding steroid dienone is 2. The average molecular weight is 538 g/mol. The van der Waals surface area contributed by atoms with Crippen LogP contribution in [-0.4, -0.2) is 34.1 Å². The van der Waals surface area contributed by atoms with Crippen molar-refractivity contribution in [2.24, 2.45) is 4.99 Å². The van der Waals surface area contributed by atoms with E-state index in [9.17, 15) is 9.90 Å². The first-order chi connectivity index (χ1) is 17.5. The quantitative estimate of drug-likeness (QED) is 0.315. The van der Waals surface area contributed by atoms with Gasteiger partial charge in [0.1, 0.15) is 11.2 Å². The third-order valence-electron chi connectivity index (χ3n) is 5.91. The molecule has 192 valence electrons. The monoisotopic (exact) mass is 537 g/mol. The van der Waals surface area contributed by atoms with E-state index < -0.39 is 17.7 Å². The molecule has 0 amide bonds. The highest BCUT2D eigenvalue weighted by Crippen LogP contribution is 2.43. The molecule has 1 aromatic heterocycles. The highest BCUT2D eigenvalue weighted by atomic mass is 35.5. The average Bonchev–Trinajstić information content (AvgIpc) is 3.26. The molecule has 0 radical (unpaired) electrons. The second-order valence-corrected chi connectivity index (χ2v) is 11.2. The summed E-state index contributed by atoms with van der Waals surface area (Å²) in [6.07, 6.45) is 4.62. The normalized spacial score (nSPS) is 16.0. The van der Waals surface area contributed by atoms with Crippen molar-refractivity contribution in [2.75, 3.05) is 0 Å². The lowest BCUT2D eigenvalue weighted by molar-refractivity contribution is -0.536. The summed E-state index contributed by atoms with van der Waals surface area (Å²) in [6.45, 7) is 9.43. The second-order valence-electron chi connectivity index (χ2n) is 9.76. The fraction of sp³-hybridized carbons (Fsp3) is 0.286. The Morgan fingerprint density at radius 2 is 2.00 bits per heavy atom. The Balaban J connectivity index is 1.93. The zero-order valence-corrected chi connectivity index (χ0v) is 23.0. The van der Waals surface area contributed by atoms with Gasteiger partial charge in [-0.05, 0) is 63.4 Å². The number of nitrogens with zero attached hydrogens (tertiary/aromatic N) is 2. The molecule has 0 saturated carbocycles. The Hall–Kier alpha value is -3.17. The van der Waals surface area contributed by atoms with Gasteiger partial charge in [0.2, 0.25) is 5.82 Å². The first-order valence-electron chi connectivity index (χ1n) is 12.0. The largest absolute Gasteiger partial charge is 0.479 e. The van der Waals surface area contributed by atoms with E-state index in [0.29, 0.717) is 10.6 Å². The number of hydrogen-bond acceptors (Lipinski definition) is 6. The molecular weight excluding hydrogens is 508 g/mol. The number of ether oxygens (including phenoxy) is 1. The number of quaternary nitrogens is 1. The van der Waals surface area contributed by atoms with Crippen LogP contribution in [0.5, 0.6) is 0 Å². The predicted octanol–water partition coefficient (Wildman–Crippen LogP) is 6.13. The molecule has 2 heterocycles. The van der Waals surface area contributed by atoms with Gasteiger partial charge >= 0.3 is 5.97 Å². The van der Waals surface area contributed by atoms with Gasteiger partial charge in [0, 0.05) is 28.6 Å². The van der Waals surface area contributed by atoms with E-state index in [1.165, 1.54) is 17.6 Å². The van der Waals surface area contributed by atoms with Crippen molar-refractivity contribution in [1.29, 1.82) is 5.41 Å². The minimum absolute atomic E-state index is 0.597. The summed E-state index contributed by atoms with van der Waals surface area (Å²) in [7, 11) is 0. The SMILES string of the molecule is CCC(C=N)=C1N=CC(c2nc3cc(C)c(C(OC(C)(C)C)C(=O)O)c(-c4ccc(Cl)cc4)c3s2)=C[NH2+]1. The number of carboxylic acid groups (broad SMARTS) is 1. The number of hydrogen-bond donors (Lipinski definition) is 3. The maximum absolute atomic E-state index is 12.5. The molecule has 3 aromatic rings. The maximum atomic E-state index is 12.5. The number of rotatable bonds is 7. The Labute approximate surface area is 225 Å². The van der Waals surface area contributed by atoms with Crippen LogP contribution in [0.4, 0.5) is 0 Å². The molecule has 0 fully saturated rings. The van der Waals surface area contributed by atoms with E-state index in [-0.39, 0.29) is 0 Å². The number of thiazole rings is 1. The van der Waals surface area contributed by atoms with Gasteiger partial charge in [0.25, 0.3) is 0 Å². The van der Waals surface area contributed by atoms with Gasteiger partial charge in [-0.3, -0.25) is 5.32 Å². The van der Waals surface area contributed by atoms with Gasteiger partial charge < -0.3 is 15.3 Å². The molecule has 0 bridgehead atoms. The number of nitrogens with two attached hydrogens (primary N) is 1. The molecule has 1 unspecified atom stereocenters. The minimum Gasteiger partial charge on any atom is -0.479 e. The van der Waals surface area contributed by atoms with Crippen molar-refractivity contribution in [1.82, 2.24) is 4.98 Å². The van der Waals surface area contributed by atoms with Gasteiger partial charge in [-0.1, -0.05) is 30.7 Å². The van der Waals surface area contributed by atoms with Crippen LogP contribution in [0.2, 0.25) is 5.02 Å².